The molecule has 0 aliphatic heterocycles. The van der Waals surface area contributed by atoms with Crippen molar-refractivity contribution < 1.29 is 4.57 Å². The maximum atomic E-state index is 2.21. The van der Waals surface area contributed by atoms with E-state index in [0.29, 0.717) is 0 Å². The Bertz CT molecular complexity index is 683. The third-order valence-corrected chi connectivity index (χ3v) is 4.43. The van der Waals surface area contributed by atoms with E-state index in [-0.39, 0.29) is 0 Å². The number of fused-ring (bicyclic) bond motifs is 1. The monoisotopic (exact) mass is 300 g/mol. The van der Waals surface area contributed by atoms with E-state index in [1.165, 1.54) is 26.2 Å². The number of thiophene rings is 1. The van der Waals surface area contributed by atoms with Crippen LogP contribution in [0.15, 0.2) is 48.7 Å². The molecule has 0 atom stereocenters. The molecule has 0 amide bonds. The molecule has 1 aromatic carbocycles. The molecule has 0 fully saturated rings. The Labute approximate surface area is 132 Å². The highest BCUT2D eigenvalue weighted by molar-refractivity contribution is 7.22. The molecule has 0 aliphatic rings. The number of aromatic nitrogens is 1. The summed E-state index contributed by atoms with van der Waals surface area (Å²) in [6.45, 7) is 10.2. The zero-order valence-corrected chi connectivity index (χ0v) is 14.8. The van der Waals surface area contributed by atoms with E-state index in [1.807, 2.05) is 39.0 Å². The molecule has 3 aromatic rings. The quantitative estimate of drug-likeness (QED) is 0.503. The summed E-state index contributed by atoms with van der Waals surface area (Å²) in [7, 11) is 2.10. The SMILES string of the molecule is CC.CC.Cc1c(-c2cccc[n+]2C)sc2ccccc12. The minimum absolute atomic E-state index is 1.28. The van der Waals surface area contributed by atoms with Gasteiger partial charge >= 0.3 is 0 Å². The molecule has 2 heteroatoms. The van der Waals surface area contributed by atoms with Crippen LogP contribution in [0.25, 0.3) is 20.7 Å². The molecule has 0 unspecified atom stereocenters. The van der Waals surface area contributed by atoms with Gasteiger partial charge in [-0.2, -0.15) is 0 Å². The Morgan fingerprint density at radius 3 is 2.10 bits per heavy atom. The predicted molar refractivity (Wildman–Crippen MR) is 95.9 cm³/mol. The lowest BCUT2D eigenvalue weighted by Gasteiger charge is -1.97. The van der Waals surface area contributed by atoms with Gasteiger partial charge in [0.1, 0.15) is 11.9 Å². The van der Waals surface area contributed by atoms with Crippen molar-refractivity contribution in [3.63, 3.8) is 0 Å². The summed E-state index contributed by atoms with van der Waals surface area (Å²) in [4.78, 5) is 1.37. The minimum Gasteiger partial charge on any atom is -0.200 e. The van der Waals surface area contributed by atoms with Gasteiger partial charge in [-0.1, -0.05) is 45.9 Å². The summed E-state index contributed by atoms with van der Waals surface area (Å²) in [5, 5.41) is 1.37. The van der Waals surface area contributed by atoms with E-state index in [1.54, 1.807) is 0 Å². The van der Waals surface area contributed by atoms with E-state index in [9.17, 15) is 0 Å². The van der Waals surface area contributed by atoms with Crippen molar-refractivity contribution in [3.8, 4) is 10.6 Å². The van der Waals surface area contributed by atoms with Crippen molar-refractivity contribution >= 4 is 21.4 Å². The number of hydrogen-bond acceptors (Lipinski definition) is 1. The molecule has 21 heavy (non-hydrogen) atoms. The maximum absolute atomic E-state index is 2.21. The lowest BCUT2D eigenvalue weighted by atomic mass is 10.1. The summed E-state index contributed by atoms with van der Waals surface area (Å²) in [5.41, 5.74) is 2.67. The lowest BCUT2D eigenvalue weighted by molar-refractivity contribution is -0.660. The van der Waals surface area contributed by atoms with Gasteiger partial charge in [0.25, 0.3) is 0 Å². The second-order valence-electron chi connectivity index (χ2n) is 4.25. The van der Waals surface area contributed by atoms with Gasteiger partial charge in [0, 0.05) is 16.8 Å². The summed E-state index contributed by atoms with van der Waals surface area (Å²) < 4.78 is 3.54. The second-order valence-corrected chi connectivity index (χ2v) is 5.30. The number of benzene rings is 1. The van der Waals surface area contributed by atoms with Crippen molar-refractivity contribution in [3.05, 3.63) is 54.2 Å². The number of nitrogens with zero attached hydrogens (tertiary/aromatic N) is 1. The van der Waals surface area contributed by atoms with Crippen LogP contribution in [0.1, 0.15) is 33.3 Å². The molecule has 0 bridgehead atoms. The van der Waals surface area contributed by atoms with Gasteiger partial charge in [-0.05, 0) is 30.0 Å². The zero-order valence-electron chi connectivity index (χ0n) is 14.0. The second kappa shape index (κ2) is 8.58. The fraction of sp³-hybridized carbons (Fsp3) is 0.316. The Morgan fingerprint density at radius 1 is 0.857 bits per heavy atom. The van der Waals surface area contributed by atoms with Crippen LogP contribution in [-0.4, -0.2) is 0 Å². The normalized spacial score (nSPS) is 9.43. The first-order valence-corrected chi connectivity index (χ1v) is 8.52. The molecular weight excluding hydrogens is 274 g/mol. The van der Waals surface area contributed by atoms with E-state index in [2.05, 4.69) is 67.2 Å². The van der Waals surface area contributed by atoms with Crippen molar-refractivity contribution in [1.29, 1.82) is 0 Å². The van der Waals surface area contributed by atoms with E-state index >= 15 is 0 Å². The first kappa shape index (κ1) is 17.4. The van der Waals surface area contributed by atoms with Crippen molar-refractivity contribution in [2.45, 2.75) is 34.6 Å². The van der Waals surface area contributed by atoms with Crippen LogP contribution < -0.4 is 4.57 Å². The summed E-state index contributed by atoms with van der Waals surface area (Å²) in [5.74, 6) is 0. The van der Waals surface area contributed by atoms with Gasteiger partial charge in [0.15, 0.2) is 6.20 Å². The molecule has 0 saturated carbocycles. The van der Waals surface area contributed by atoms with E-state index in [4.69, 9.17) is 0 Å². The summed E-state index contributed by atoms with van der Waals surface area (Å²) in [6.07, 6.45) is 2.10. The lowest BCUT2D eigenvalue weighted by Crippen LogP contribution is -2.29. The molecule has 0 saturated heterocycles. The number of aryl methyl sites for hydroxylation is 2. The van der Waals surface area contributed by atoms with Gasteiger partial charge in [-0.25, -0.2) is 4.57 Å². The van der Waals surface area contributed by atoms with Gasteiger partial charge < -0.3 is 0 Å². The summed E-state index contributed by atoms with van der Waals surface area (Å²) >= 11 is 1.87. The molecule has 0 N–H and O–H groups in total. The van der Waals surface area contributed by atoms with E-state index < -0.39 is 0 Å². The van der Waals surface area contributed by atoms with Crippen LogP contribution in [0.5, 0.6) is 0 Å². The highest BCUT2D eigenvalue weighted by atomic mass is 32.1. The molecular formula is C19H26NS+. The van der Waals surface area contributed by atoms with Crippen molar-refractivity contribution in [2.24, 2.45) is 7.05 Å². The van der Waals surface area contributed by atoms with Gasteiger partial charge in [-0.15, -0.1) is 11.3 Å². The third-order valence-electron chi connectivity index (χ3n) is 3.13. The van der Waals surface area contributed by atoms with Gasteiger partial charge in [0.05, 0.1) is 0 Å². The summed E-state index contributed by atoms with van der Waals surface area (Å²) in [6, 6.07) is 14.9. The van der Waals surface area contributed by atoms with Crippen LogP contribution in [0.4, 0.5) is 0 Å². The van der Waals surface area contributed by atoms with Crippen LogP contribution in [-0.2, 0) is 7.05 Å². The molecule has 2 heterocycles. The first-order chi connectivity index (χ1) is 10.3. The Balaban J connectivity index is 0.000000510. The molecule has 2 aromatic heterocycles. The van der Waals surface area contributed by atoms with Crippen molar-refractivity contribution in [1.82, 2.24) is 0 Å². The first-order valence-electron chi connectivity index (χ1n) is 7.70. The molecule has 0 spiro atoms. The average Bonchev–Trinajstić information content (AvgIpc) is 2.89. The Kier molecular flexibility index (Phi) is 7.10. The maximum Gasteiger partial charge on any atom is 0.222 e. The number of hydrogen-bond donors (Lipinski definition) is 0. The van der Waals surface area contributed by atoms with Crippen LogP contribution in [0, 0.1) is 6.92 Å². The van der Waals surface area contributed by atoms with Gasteiger partial charge in [-0.3, -0.25) is 0 Å². The van der Waals surface area contributed by atoms with Crippen LogP contribution in [0.3, 0.4) is 0 Å². The molecule has 112 valence electrons. The fourth-order valence-corrected chi connectivity index (χ4v) is 3.46. The molecule has 0 aliphatic carbocycles. The molecule has 0 radical (unpaired) electrons. The smallest absolute Gasteiger partial charge is 0.200 e. The standard InChI is InChI=1S/C15H14NS.2C2H6/c1-11-12-7-3-4-9-14(12)17-15(11)13-8-5-6-10-16(13)2;2*1-2/h3-10H,1-2H3;2*1-2H3/q+1;;. The fourth-order valence-electron chi connectivity index (χ4n) is 2.18. The predicted octanol–water partition coefficient (Wildman–Crippen LogP) is 5.75. The largest absolute Gasteiger partial charge is 0.222 e. The zero-order chi connectivity index (χ0) is 15.8. The Hall–Kier alpha value is -1.67. The van der Waals surface area contributed by atoms with Crippen molar-refractivity contribution in [2.75, 3.05) is 0 Å². The van der Waals surface area contributed by atoms with Crippen LogP contribution >= 0.6 is 11.3 Å². The molecule has 1 nitrogen and oxygen atoms in total. The Morgan fingerprint density at radius 2 is 1.48 bits per heavy atom. The van der Waals surface area contributed by atoms with E-state index in [0.717, 1.165) is 0 Å². The number of pyridine rings is 1. The minimum atomic E-state index is 1.28. The highest BCUT2D eigenvalue weighted by Gasteiger charge is 2.16. The topological polar surface area (TPSA) is 3.88 Å². The average molecular weight is 300 g/mol. The number of rotatable bonds is 1. The van der Waals surface area contributed by atoms with Crippen LogP contribution in [0.2, 0.25) is 0 Å². The highest BCUT2D eigenvalue weighted by Crippen LogP contribution is 2.36. The third kappa shape index (κ3) is 3.70. The molecule has 3 rings (SSSR count). The van der Waals surface area contributed by atoms with Gasteiger partial charge in [0.2, 0.25) is 5.69 Å².